The lowest BCUT2D eigenvalue weighted by molar-refractivity contribution is -0.818. The van der Waals surface area contributed by atoms with Crippen molar-refractivity contribution in [2.24, 2.45) is 24.8 Å². The fourth-order valence-corrected chi connectivity index (χ4v) is 25.7. The van der Waals surface area contributed by atoms with Gasteiger partial charge in [0.05, 0.1) is 37.0 Å². The normalized spacial score (nSPS) is 30.4. The topological polar surface area (TPSA) is 178 Å². The van der Waals surface area contributed by atoms with Gasteiger partial charge in [-0.1, -0.05) is 108 Å². The fraction of sp³-hybridized carbons (Fsp3) is 0.640. The molecule has 18 nitrogen and oxygen atoms in total. The zero-order chi connectivity index (χ0) is 82.2. The number of rotatable bonds is 18. The van der Waals surface area contributed by atoms with Crippen LogP contribution in [0.15, 0.2) is 97.6 Å². The minimum atomic E-state index is -0.241. The third kappa shape index (κ3) is 16.1. The van der Waals surface area contributed by atoms with Gasteiger partial charge in [-0.2, -0.15) is 0 Å². The van der Waals surface area contributed by atoms with Gasteiger partial charge in [-0.3, -0.25) is 33.5 Å². The molecule has 3 saturated carbocycles. The minimum Gasteiger partial charge on any atom is -0.393 e. The first-order chi connectivity index (χ1) is 57.1. The van der Waals surface area contributed by atoms with E-state index in [4.69, 9.17) is 0 Å². The summed E-state index contributed by atoms with van der Waals surface area (Å²) >= 11 is 0. The number of amides is 4. The van der Waals surface area contributed by atoms with Crippen molar-refractivity contribution in [2.45, 2.75) is 318 Å². The predicted molar refractivity (Wildman–Crippen MR) is 486 cm³/mol. The van der Waals surface area contributed by atoms with Crippen LogP contribution in [0, 0.1) is 17.8 Å². The molecule has 4 amide bonds. The number of aromatic nitrogens is 4. The molecule has 5 saturated heterocycles. The molecular weight excluding hydrogens is 1550 g/mol. The molecular formula is C100H142BrN12O6+. The number of unbranched alkanes of at least 4 members (excludes halogenated alkanes) is 3. The lowest BCUT2D eigenvalue weighted by atomic mass is 9.72. The van der Waals surface area contributed by atoms with Gasteiger partial charge >= 0.3 is 0 Å². The number of nitrogens with one attached hydrogen (secondary N) is 3. The van der Waals surface area contributed by atoms with Crippen molar-refractivity contribution in [1.82, 2.24) is 53.8 Å². The van der Waals surface area contributed by atoms with Crippen LogP contribution in [0.1, 0.15) is 264 Å². The number of benzene rings is 4. The summed E-state index contributed by atoms with van der Waals surface area (Å²) < 4.78 is 10.5. The number of hydrogen-bond acceptors (Lipinski definition) is 9. The molecule has 8 fully saturated rings. The van der Waals surface area contributed by atoms with Gasteiger partial charge in [0.2, 0.25) is 23.3 Å². The number of hydrogen-bond donors (Lipinski definition) is 5. The molecule has 20 rings (SSSR count). The second-order valence-corrected chi connectivity index (χ2v) is 39.3. The van der Waals surface area contributed by atoms with Gasteiger partial charge in [0, 0.05) is 201 Å². The number of aliphatic hydroxyl groups excluding tert-OH is 2. The second-order valence-electron chi connectivity index (χ2n) is 39.3. The summed E-state index contributed by atoms with van der Waals surface area (Å²) in [6, 6.07) is 30.6. The van der Waals surface area contributed by atoms with E-state index >= 15 is 0 Å². The van der Waals surface area contributed by atoms with E-state index in [0.717, 1.165) is 179 Å². The zero-order valence-electron chi connectivity index (χ0n) is 73.8. The van der Waals surface area contributed by atoms with Crippen molar-refractivity contribution in [2.75, 3.05) is 67.0 Å². The maximum absolute atomic E-state index is 13.5. The molecule has 7 aliphatic carbocycles. The number of carbonyl (C=O) groups is 4. The summed E-state index contributed by atoms with van der Waals surface area (Å²) in [5, 5.41) is 35.6. The van der Waals surface area contributed by atoms with E-state index in [9.17, 15) is 29.4 Å². The number of quaternary nitrogens is 1. The van der Waals surface area contributed by atoms with Crippen molar-refractivity contribution >= 4 is 84.2 Å². The van der Waals surface area contributed by atoms with Gasteiger partial charge in [-0.15, -0.1) is 17.0 Å². The Labute approximate surface area is 719 Å². The first-order valence-corrected chi connectivity index (χ1v) is 47.1. The maximum Gasteiger partial charge on any atom is 0.287 e. The van der Waals surface area contributed by atoms with E-state index in [2.05, 4.69) is 221 Å². The van der Waals surface area contributed by atoms with Crippen molar-refractivity contribution in [3.63, 3.8) is 0 Å². The van der Waals surface area contributed by atoms with Gasteiger partial charge in [-0.05, 0) is 232 Å². The Kier molecular flexibility index (Phi) is 25.8. The third-order valence-corrected chi connectivity index (χ3v) is 32.2. The van der Waals surface area contributed by atoms with Crippen LogP contribution in [0.5, 0.6) is 0 Å². The Hall–Kier alpha value is -6.84. The molecule has 5 aliphatic heterocycles. The first kappa shape index (κ1) is 85.7. The highest BCUT2D eigenvalue weighted by molar-refractivity contribution is 8.93. The Bertz CT molecular complexity index is 4960. The number of carbonyl (C=O) groups excluding carboxylic acids is 4. The summed E-state index contributed by atoms with van der Waals surface area (Å²) in [5.41, 5.74) is 17.0. The van der Waals surface area contributed by atoms with E-state index < -0.39 is 0 Å². The molecule has 12 aliphatic rings. The van der Waals surface area contributed by atoms with E-state index in [1.165, 1.54) is 139 Å². The maximum atomic E-state index is 13.5. The van der Waals surface area contributed by atoms with E-state index in [1.807, 2.05) is 7.05 Å². The highest BCUT2D eigenvalue weighted by atomic mass is 79.9. The molecule has 7 unspecified atom stereocenters. The van der Waals surface area contributed by atoms with Crippen LogP contribution in [0.4, 0.5) is 0 Å². The summed E-state index contributed by atoms with van der Waals surface area (Å²) in [6.45, 7) is 24.2. The average Bonchev–Trinajstić information content (AvgIpc) is 1.48. The van der Waals surface area contributed by atoms with Gasteiger partial charge < -0.3 is 54.2 Å². The zero-order valence-corrected chi connectivity index (χ0v) is 75.5. The molecule has 19 heteroatoms. The summed E-state index contributed by atoms with van der Waals surface area (Å²) in [6.07, 6.45) is 36.2. The monoisotopic (exact) mass is 1690 g/mol. The Morgan fingerprint density at radius 2 is 1.04 bits per heavy atom. The van der Waals surface area contributed by atoms with Crippen molar-refractivity contribution in [1.29, 1.82) is 0 Å². The largest absolute Gasteiger partial charge is 0.393 e. The van der Waals surface area contributed by atoms with Crippen LogP contribution in [0.2, 0.25) is 0 Å². The van der Waals surface area contributed by atoms with Gasteiger partial charge in [-0.25, -0.2) is 0 Å². The minimum absolute atomic E-state index is 0. The number of nitrogens with zero attached hydrogens (tertiary/aromatic N) is 9. The number of likely N-dealkylation sites (tertiary alicyclic amines) is 3. The number of aliphatic hydroxyl groups is 2. The van der Waals surface area contributed by atoms with Crippen LogP contribution in [0.3, 0.4) is 0 Å². The summed E-state index contributed by atoms with van der Waals surface area (Å²) in [4.78, 5) is 62.8. The van der Waals surface area contributed by atoms with Crippen LogP contribution in [-0.4, -0.2) is 203 Å². The molecule has 9 heterocycles. The Morgan fingerprint density at radius 3 is 1.66 bits per heavy atom. The van der Waals surface area contributed by atoms with Gasteiger partial charge in [0.15, 0.2) is 0 Å². The molecule has 644 valence electrons. The van der Waals surface area contributed by atoms with Gasteiger partial charge in [0.25, 0.3) is 5.91 Å². The first-order valence-electron chi connectivity index (χ1n) is 47.1. The Morgan fingerprint density at radius 1 is 0.529 bits per heavy atom. The van der Waals surface area contributed by atoms with Crippen molar-refractivity contribution < 1.29 is 33.9 Å². The number of halogens is 1. The molecule has 15 atom stereocenters. The molecule has 4 aromatic carbocycles. The number of likely N-dealkylation sites (N-methyl/N-ethyl adjacent to an activating group) is 4. The van der Waals surface area contributed by atoms with Crippen LogP contribution in [-0.2, 0) is 65.0 Å². The van der Waals surface area contributed by atoms with E-state index in [1.54, 1.807) is 0 Å². The highest BCUT2D eigenvalue weighted by Gasteiger charge is 2.81. The average molecular weight is 1690 g/mol. The summed E-state index contributed by atoms with van der Waals surface area (Å²) in [7, 11) is 8.74. The van der Waals surface area contributed by atoms with Crippen molar-refractivity contribution in [3.05, 3.63) is 142 Å². The predicted octanol–water partition coefficient (Wildman–Crippen LogP) is 16.3. The SMILES string of the molecule is Br.CCCCCNC(=O)C1CC2c3cccc4c3c(cn4C(C)C)C[C@H]2N(CC)C1.CCCCn1cc2c3c(cccc31)C1C[C@@]3(C(=O)NC4CCC(O)CC4)C[N+]3(C)[C@@H]1C2.CCN1C[C@H](C(=O)NC2CCCC(O)CC2)C[C@H]2c3cccc4c3c(cn4CC)C[C@H]21.CN(C(=O)[C@@H]1CC2c3cccc4c3c(cn4C)C[C@H]2N(C)C1)C1CCCC1. The fourth-order valence-electron chi connectivity index (χ4n) is 25.7. The van der Waals surface area contributed by atoms with E-state index in [0.29, 0.717) is 65.8 Å². The molecule has 119 heavy (non-hydrogen) atoms. The second kappa shape index (κ2) is 35.8. The molecule has 4 aromatic heterocycles. The van der Waals surface area contributed by atoms with Crippen LogP contribution < -0.4 is 16.0 Å². The quantitative estimate of drug-likeness (QED) is 0.0242. The van der Waals surface area contributed by atoms with E-state index in [-0.39, 0.29) is 82.3 Å². The number of aryl methyl sites for hydroxylation is 3. The third-order valence-electron chi connectivity index (χ3n) is 32.2. The van der Waals surface area contributed by atoms with Gasteiger partial charge in [0.1, 0.15) is 12.6 Å². The lowest BCUT2D eigenvalue weighted by Crippen LogP contribution is -2.53. The molecule has 0 radical (unpaired) electrons. The number of piperidine rings is 4. The molecule has 8 aromatic rings. The smallest absolute Gasteiger partial charge is 0.287 e. The molecule has 5 N–H and O–H groups in total. The summed E-state index contributed by atoms with van der Waals surface area (Å²) in [5.74, 6) is 3.22. The number of fused-ring (bicyclic) bond motifs is 10. The lowest BCUT2D eigenvalue weighted by Gasteiger charge is -2.46. The van der Waals surface area contributed by atoms with Crippen LogP contribution >= 0.6 is 17.0 Å². The Balaban J connectivity index is 0.000000118. The van der Waals surface area contributed by atoms with Crippen molar-refractivity contribution in [3.8, 4) is 0 Å². The highest BCUT2D eigenvalue weighted by Crippen LogP contribution is 2.63. The molecule has 0 spiro atoms. The van der Waals surface area contributed by atoms with Crippen LogP contribution in [0.25, 0.3) is 43.6 Å². The standard InChI is InChI=1S/C26H35N3O2.C26H37N3O2.C25H37N3O.C23H31N3O.BrH/c1-3-4-12-28-15-17-13-23-21(20-6-5-7-22(28)24(17)20)14-26(16-29(23,26)2)25(31)27-18-8-10-19(30)11-9-18;1-3-28-15-17-14-24-22(21-9-6-10-23(28)25(17)21)13-18(16-29(24)4-2)26(31)27-19-7-5-8-20(30)12-11-19;1-5-7-8-12-26-25(29)19-13-21-20-10-9-11-22-24(20)18(16-28(22)17(3)4)14-23(21)27(6-2)15-19;1-24-13-15-12-21-19(18-9-6-10-20(24)22(15)18)11-16(14-25(21)2)23(27)26(3)17-7-4-5-8-17;/h5-7,15,18-19,21,23,30H,3-4,8-14,16H2,1-2H3;6,9-10,15,18-20,22,24,30H,3-5,7-8,11-14,16H2,1-2H3,(H,27,31);9-11,16-17,19,21,23H,5-8,12-15H2,1-4H3,(H,26,29);6,9-10,13,16-17,19,21H,4-5,7-8,11-12,14H2,1-3H3;1H/p+1/t18?,19?,21?,23-,26+,29?;18-,19?,20?,22+,24-;19?,21?,23-;16-,19?,21-;/m1111./s1. The molecule has 0 bridgehead atoms.